The predicted octanol–water partition coefficient (Wildman–Crippen LogP) is 3.19. The first-order valence-electron chi connectivity index (χ1n) is 8.24. The first kappa shape index (κ1) is 14.3. The molecule has 21 heavy (non-hydrogen) atoms. The molecule has 1 aromatic rings. The van der Waals surface area contributed by atoms with E-state index in [1.54, 1.807) is 0 Å². The lowest BCUT2D eigenvalue weighted by Crippen LogP contribution is -2.27. The molecule has 1 aliphatic carbocycles. The lowest BCUT2D eigenvalue weighted by molar-refractivity contribution is 0.443. The lowest BCUT2D eigenvalue weighted by Gasteiger charge is -2.25. The molecule has 0 radical (unpaired) electrons. The number of hydrogen-bond acceptors (Lipinski definition) is 3. The molecular formula is C18H27N3. The summed E-state index contributed by atoms with van der Waals surface area (Å²) in [7, 11) is 2.16. The molecule has 1 aliphatic heterocycles. The number of rotatable bonds is 4. The molecule has 1 saturated carbocycles. The molecule has 0 bridgehead atoms. The summed E-state index contributed by atoms with van der Waals surface area (Å²) in [6.07, 6.45) is 9.08. The van der Waals surface area contributed by atoms with Crippen molar-refractivity contribution in [2.24, 2.45) is 11.7 Å². The Morgan fingerprint density at radius 1 is 1.14 bits per heavy atom. The highest BCUT2D eigenvalue weighted by atomic mass is 15.1. The number of nitrogens with zero attached hydrogens (tertiary/aromatic N) is 1. The summed E-state index contributed by atoms with van der Waals surface area (Å²) in [5, 5.41) is 3.19. The van der Waals surface area contributed by atoms with E-state index in [4.69, 9.17) is 5.73 Å². The van der Waals surface area contributed by atoms with Crippen LogP contribution >= 0.6 is 0 Å². The first-order valence-corrected chi connectivity index (χ1v) is 8.24. The molecule has 2 aliphatic rings. The standard InChI is InChI=1S/C18H27N3/c1-21(13-14-11-18(19)20-12-14)17-9-7-16(8-10-17)15-5-3-2-4-6-15/h7-11,14-15,20H,2-6,12-13,19H2,1H3/t14-/m0/s1. The third kappa shape index (κ3) is 3.52. The van der Waals surface area contributed by atoms with Gasteiger partial charge in [-0.2, -0.15) is 0 Å². The summed E-state index contributed by atoms with van der Waals surface area (Å²) < 4.78 is 0. The molecule has 0 saturated heterocycles. The maximum atomic E-state index is 5.77. The van der Waals surface area contributed by atoms with E-state index >= 15 is 0 Å². The molecule has 114 valence electrons. The number of hydrogen-bond donors (Lipinski definition) is 2. The maximum Gasteiger partial charge on any atom is 0.0923 e. The van der Waals surface area contributed by atoms with Crippen molar-refractivity contribution in [3.8, 4) is 0 Å². The highest BCUT2D eigenvalue weighted by molar-refractivity contribution is 5.47. The molecule has 1 aromatic carbocycles. The third-order valence-electron chi connectivity index (χ3n) is 4.90. The van der Waals surface area contributed by atoms with Gasteiger partial charge in [-0.1, -0.05) is 31.4 Å². The largest absolute Gasteiger partial charge is 0.386 e. The molecule has 3 N–H and O–H groups in total. The summed E-state index contributed by atoms with van der Waals surface area (Å²) in [4.78, 5) is 2.33. The summed E-state index contributed by atoms with van der Waals surface area (Å²) in [5.74, 6) is 2.12. The second kappa shape index (κ2) is 6.42. The van der Waals surface area contributed by atoms with Gasteiger partial charge in [0.15, 0.2) is 0 Å². The minimum absolute atomic E-state index is 0.507. The van der Waals surface area contributed by atoms with Gasteiger partial charge in [-0.25, -0.2) is 0 Å². The normalized spacial score (nSPS) is 22.7. The zero-order valence-corrected chi connectivity index (χ0v) is 13.0. The van der Waals surface area contributed by atoms with Crippen LogP contribution in [-0.4, -0.2) is 20.1 Å². The van der Waals surface area contributed by atoms with E-state index < -0.39 is 0 Å². The van der Waals surface area contributed by atoms with Crippen LogP contribution in [0.4, 0.5) is 5.69 Å². The van der Waals surface area contributed by atoms with Crippen molar-refractivity contribution in [3.63, 3.8) is 0 Å². The van der Waals surface area contributed by atoms with Crippen LogP contribution in [0.3, 0.4) is 0 Å². The van der Waals surface area contributed by atoms with Gasteiger partial charge in [-0.3, -0.25) is 0 Å². The summed E-state index contributed by atoms with van der Waals surface area (Å²) in [6, 6.07) is 9.22. The minimum atomic E-state index is 0.507. The Morgan fingerprint density at radius 2 is 1.86 bits per heavy atom. The fraction of sp³-hybridized carbons (Fsp3) is 0.556. The van der Waals surface area contributed by atoms with E-state index in [1.807, 2.05) is 0 Å². The molecule has 3 rings (SSSR count). The second-order valence-electron chi connectivity index (χ2n) is 6.57. The molecule has 1 heterocycles. The summed E-state index contributed by atoms with van der Waals surface area (Å²) in [6.45, 7) is 1.97. The van der Waals surface area contributed by atoms with Crippen molar-refractivity contribution in [3.05, 3.63) is 41.7 Å². The Bertz CT molecular complexity index is 486. The molecule has 3 nitrogen and oxygen atoms in total. The van der Waals surface area contributed by atoms with Gasteiger partial charge in [-0.15, -0.1) is 0 Å². The molecule has 3 heteroatoms. The van der Waals surface area contributed by atoms with Gasteiger partial charge in [-0.05, 0) is 42.5 Å². The van der Waals surface area contributed by atoms with Crippen LogP contribution in [0.25, 0.3) is 0 Å². The fourth-order valence-corrected chi connectivity index (χ4v) is 3.63. The van der Waals surface area contributed by atoms with E-state index in [-0.39, 0.29) is 0 Å². The van der Waals surface area contributed by atoms with E-state index in [0.717, 1.165) is 24.8 Å². The second-order valence-corrected chi connectivity index (χ2v) is 6.57. The average molecular weight is 285 g/mol. The molecule has 0 aromatic heterocycles. The van der Waals surface area contributed by atoms with Crippen molar-refractivity contribution in [2.45, 2.75) is 38.0 Å². The highest BCUT2D eigenvalue weighted by Crippen LogP contribution is 2.33. The zero-order chi connectivity index (χ0) is 14.7. The van der Waals surface area contributed by atoms with Gasteiger partial charge >= 0.3 is 0 Å². The number of nitrogens with one attached hydrogen (secondary N) is 1. The van der Waals surface area contributed by atoms with Crippen LogP contribution in [0, 0.1) is 5.92 Å². The maximum absolute atomic E-state index is 5.77. The first-order chi connectivity index (χ1) is 10.2. The molecule has 1 atom stereocenters. The molecule has 0 amide bonds. The van der Waals surface area contributed by atoms with E-state index in [0.29, 0.717) is 5.92 Å². The third-order valence-corrected chi connectivity index (χ3v) is 4.90. The predicted molar refractivity (Wildman–Crippen MR) is 89.3 cm³/mol. The van der Waals surface area contributed by atoms with Crippen LogP contribution in [0.15, 0.2) is 36.2 Å². The lowest BCUT2D eigenvalue weighted by atomic mass is 9.84. The highest BCUT2D eigenvalue weighted by Gasteiger charge is 2.17. The van der Waals surface area contributed by atoms with Gasteiger partial charge in [0.1, 0.15) is 0 Å². The van der Waals surface area contributed by atoms with Gasteiger partial charge in [0.2, 0.25) is 0 Å². The van der Waals surface area contributed by atoms with Crippen LogP contribution in [0.2, 0.25) is 0 Å². The van der Waals surface area contributed by atoms with Crippen molar-refractivity contribution in [2.75, 3.05) is 25.0 Å². The van der Waals surface area contributed by atoms with Crippen LogP contribution in [0.5, 0.6) is 0 Å². The number of nitrogens with two attached hydrogens (primary N) is 1. The minimum Gasteiger partial charge on any atom is -0.386 e. The van der Waals surface area contributed by atoms with Crippen molar-refractivity contribution >= 4 is 5.69 Å². The number of anilines is 1. The Morgan fingerprint density at radius 3 is 2.48 bits per heavy atom. The fourth-order valence-electron chi connectivity index (χ4n) is 3.63. The van der Waals surface area contributed by atoms with Crippen molar-refractivity contribution < 1.29 is 0 Å². The Kier molecular flexibility index (Phi) is 4.37. The Balaban J connectivity index is 1.60. The average Bonchev–Trinajstić information content (AvgIpc) is 2.93. The molecule has 0 unspecified atom stereocenters. The topological polar surface area (TPSA) is 41.3 Å². The summed E-state index contributed by atoms with van der Waals surface area (Å²) >= 11 is 0. The number of benzene rings is 1. The van der Waals surface area contributed by atoms with Crippen LogP contribution in [0.1, 0.15) is 43.6 Å². The van der Waals surface area contributed by atoms with Gasteiger partial charge < -0.3 is 16.0 Å². The van der Waals surface area contributed by atoms with E-state index in [1.165, 1.54) is 43.4 Å². The zero-order valence-electron chi connectivity index (χ0n) is 13.0. The summed E-state index contributed by atoms with van der Waals surface area (Å²) in [5.41, 5.74) is 8.60. The molecular weight excluding hydrogens is 258 g/mol. The van der Waals surface area contributed by atoms with Crippen molar-refractivity contribution in [1.82, 2.24) is 5.32 Å². The quantitative estimate of drug-likeness (QED) is 0.892. The van der Waals surface area contributed by atoms with Gasteiger partial charge in [0.25, 0.3) is 0 Å². The molecule has 0 spiro atoms. The van der Waals surface area contributed by atoms with Gasteiger partial charge in [0, 0.05) is 31.7 Å². The van der Waals surface area contributed by atoms with Crippen LogP contribution in [-0.2, 0) is 0 Å². The Hall–Kier alpha value is -1.64. The SMILES string of the molecule is CN(C[C@H]1C=C(N)NC1)c1ccc(C2CCCCC2)cc1. The van der Waals surface area contributed by atoms with E-state index in [2.05, 4.69) is 47.6 Å². The smallest absolute Gasteiger partial charge is 0.0923 e. The van der Waals surface area contributed by atoms with Gasteiger partial charge in [0.05, 0.1) is 5.82 Å². The van der Waals surface area contributed by atoms with E-state index in [9.17, 15) is 0 Å². The monoisotopic (exact) mass is 285 g/mol. The van der Waals surface area contributed by atoms with Crippen LogP contribution < -0.4 is 16.0 Å². The van der Waals surface area contributed by atoms with Crippen molar-refractivity contribution in [1.29, 1.82) is 0 Å². The Labute approximate surface area is 128 Å². The molecule has 1 fully saturated rings.